The quantitative estimate of drug-likeness (QED) is 0.581. The summed E-state index contributed by atoms with van der Waals surface area (Å²) in [5.74, 6) is 0. The van der Waals surface area contributed by atoms with Crippen molar-refractivity contribution in [2.75, 3.05) is 26.4 Å². The van der Waals surface area contributed by atoms with Crippen molar-refractivity contribution < 1.29 is 14.2 Å². The second kappa shape index (κ2) is 6.84. The monoisotopic (exact) mass is 185 g/mol. The molecule has 1 heterocycles. The molecule has 0 amide bonds. The van der Waals surface area contributed by atoms with Gasteiger partial charge in [0.2, 0.25) is 0 Å². The summed E-state index contributed by atoms with van der Waals surface area (Å²) in [5, 5.41) is 8.21. The Hall–Kier alpha value is -0.630. The largest absolute Gasteiger partial charge is 0.378 e. The fourth-order valence-electron chi connectivity index (χ4n) is 1.14. The Bertz CT molecular complexity index is 161. The van der Waals surface area contributed by atoms with Crippen molar-refractivity contribution in [2.45, 2.75) is 25.6 Å². The van der Waals surface area contributed by atoms with Gasteiger partial charge >= 0.3 is 0 Å². The van der Waals surface area contributed by atoms with Crippen molar-refractivity contribution >= 4 is 0 Å². The highest BCUT2D eigenvalue weighted by Gasteiger charge is 2.14. The third-order valence-corrected chi connectivity index (χ3v) is 1.78. The third-order valence-electron chi connectivity index (χ3n) is 1.78. The second-order valence-corrected chi connectivity index (χ2v) is 2.83. The molecule has 4 heteroatoms. The van der Waals surface area contributed by atoms with Gasteiger partial charge in [-0.3, -0.25) is 0 Å². The van der Waals surface area contributed by atoms with Gasteiger partial charge in [0.05, 0.1) is 32.3 Å². The van der Waals surface area contributed by atoms with Crippen LogP contribution in [0.3, 0.4) is 0 Å². The Balaban J connectivity index is 1.81. The molecule has 1 saturated heterocycles. The van der Waals surface area contributed by atoms with Gasteiger partial charge in [-0.25, -0.2) is 0 Å². The third kappa shape index (κ3) is 4.83. The first kappa shape index (κ1) is 10.5. The van der Waals surface area contributed by atoms with Gasteiger partial charge in [0, 0.05) is 13.0 Å². The van der Waals surface area contributed by atoms with Crippen molar-refractivity contribution in [3.8, 4) is 6.07 Å². The van der Waals surface area contributed by atoms with Gasteiger partial charge in [0.25, 0.3) is 0 Å². The molecule has 1 atom stereocenters. The summed E-state index contributed by atoms with van der Waals surface area (Å²) in [6.07, 6.45) is 2.48. The van der Waals surface area contributed by atoms with Crippen LogP contribution in [0.25, 0.3) is 0 Å². The molecule has 13 heavy (non-hydrogen) atoms. The van der Waals surface area contributed by atoms with E-state index in [1.165, 1.54) is 0 Å². The highest BCUT2D eigenvalue weighted by Crippen LogP contribution is 2.12. The molecule has 0 saturated carbocycles. The van der Waals surface area contributed by atoms with Crippen LogP contribution in [0.1, 0.15) is 19.3 Å². The molecule has 0 aliphatic carbocycles. The van der Waals surface area contributed by atoms with E-state index in [0.29, 0.717) is 26.2 Å². The lowest BCUT2D eigenvalue weighted by molar-refractivity contribution is -0.121. The summed E-state index contributed by atoms with van der Waals surface area (Å²) in [4.78, 5) is 0. The van der Waals surface area contributed by atoms with E-state index in [4.69, 9.17) is 19.5 Å². The molecule has 0 aromatic heterocycles. The van der Waals surface area contributed by atoms with Crippen LogP contribution in [-0.4, -0.2) is 32.7 Å². The molecule has 4 nitrogen and oxygen atoms in total. The van der Waals surface area contributed by atoms with Gasteiger partial charge in [-0.05, 0) is 6.42 Å². The topological polar surface area (TPSA) is 51.5 Å². The average molecular weight is 185 g/mol. The van der Waals surface area contributed by atoms with Gasteiger partial charge in [-0.1, -0.05) is 0 Å². The molecular formula is C9H15NO3. The minimum atomic E-state index is -0.0282. The SMILES string of the molecule is N#CCCOCCOC1CCCO1. The van der Waals surface area contributed by atoms with E-state index in [2.05, 4.69) is 0 Å². The van der Waals surface area contributed by atoms with E-state index in [1.807, 2.05) is 6.07 Å². The van der Waals surface area contributed by atoms with Crippen LogP contribution in [-0.2, 0) is 14.2 Å². The van der Waals surface area contributed by atoms with Crippen molar-refractivity contribution in [2.24, 2.45) is 0 Å². The molecule has 1 rings (SSSR count). The Morgan fingerprint density at radius 3 is 3.00 bits per heavy atom. The minimum absolute atomic E-state index is 0.0282. The van der Waals surface area contributed by atoms with Crippen LogP contribution in [0.5, 0.6) is 0 Å². The number of ether oxygens (including phenoxy) is 3. The average Bonchev–Trinajstić information content (AvgIpc) is 2.63. The van der Waals surface area contributed by atoms with Crippen LogP contribution in [0.2, 0.25) is 0 Å². The van der Waals surface area contributed by atoms with E-state index in [-0.39, 0.29) is 6.29 Å². The van der Waals surface area contributed by atoms with Gasteiger partial charge in [0.15, 0.2) is 6.29 Å². The van der Waals surface area contributed by atoms with Crippen LogP contribution in [0.4, 0.5) is 0 Å². The summed E-state index contributed by atoms with van der Waals surface area (Å²) in [6, 6.07) is 2.01. The summed E-state index contributed by atoms with van der Waals surface area (Å²) >= 11 is 0. The number of nitriles is 1. The van der Waals surface area contributed by atoms with Crippen molar-refractivity contribution in [1.82, 2.24) is 0 Å². The normalized spacial score (nSPS) is 21.6. The van der Waals surface area contributed by atoms with Crippen LogP contribution < -0.4 is 0 Å². The summed E-state index contributed by atoms with van der Waals surface area (Å²) < 4.78 is 15.7. The van der Waals surface area contributed by atoms with E-state index < -0.39 is 0 Å². The van der Waals surface area contributed by atoms with Gasteiger partial charge in [0.1, 0.15) is 0 Å². The van der Waals surface area contributed by atoms with Crippen molar-refractivity contribution in [1.29, 1.82) is 5.26 Å². The molecule has 74 valence electrons. The maximum Gasteiger partial charge on any atom is 0.157 e. The Labute approximate surface area is 78.4 Å². The number of nitrogens with zero attached hydrogens (tertiary/aromatic N) is 1. The molecule has 1 aliphatic rings. The van der Waals surface area contributed by atoms with Gasteiger partial charge < -0.3 is 14.2 Å². The van der Waals surface area contributed by atoms with Crippen LogP contribution in [0, 0.1) is 11.3 Å². The van der Waals surface area contributed by atoms with Crippen molar-refractivity contribution in [3.05, 3.63) is 0 Å². The highest BCUT2D eigenvalue weighted by molar-refractivity contribution is 4.66. The number of rotatable bonds is 6. The maximum absolute atomic E-state index is 8.21. The van der Waals surface area contributed by atoms with Gasteiger partial charge in [-0.15, -0.1) is 0 Å². The zero-order chi connectivity index (χ0) is 9.36. The Kier molecular flexibility index (Phi) is 5.50. The van der Waals surface area contributed by atoms with E-state index in [0.717, 1.165) is 19.4 Å². The standard InChI is InChI=1S/C9H15NO3/c10-4-2-5-11-7-8-13-9-3-1-6-12-9/h9H,1-3,5-8H2. The Morgan fingerprint density at radius 2 is 2.31 bits per heavy atom. The molecule has 1 fully saturated rings. The second-order valence-electron chi connectivity index (χ2n) is 2.83. The van der Waals surface area contributed by atoms with E-state index >= 15 is 0 Å². The first-order chi connectivity index (χ1) is 6.43. The fraction of sp³-hybridized carbons (Fsp3) is 0.889. The van der Waals surface area contributed by atoms with E-state index in [1.54, 1.807) is 0 Å². The molecule has 0 spiro atoms. The zero-order valence-electron chi connectivity index (χ0n) is 7.70. The lowest BCUT2D eigenvalue weighted by atomic mass is 10.4. The molecule has 0 radical (unpaired) electrons. The molecular weight excluding hydrogens is 170 g/mol. The molecule has 1 unspecified atom stereocenters. The first-order valence-electron chi connectivity index (χ1n) is 4.61. The molecule has 0 N–H and O–H groups in total. The van der Waals surface area contributed by atoms with Crippen LogP contribution >= 0.6 is 0 Å². The number of hydrogen-bond acceptors (Lipinski definition) is 4. The predicted molar refractivity (Wildman–Crippen MR) is 46.0 cm³/mol. The van der Waals surface area contributed by atoms with Crippen LogP contribution in [0.15, 0.2) is 0 Å². The molecule has 0 aromatic rings. The zero-order valence-corrected chi connectivity index (χ0v) is 7.70. The van der Waals surface area contributed by atoms with Gasteiger partial charge in [-0.2, -0.15) is 5.26 Å². The molecule has 0 aromatic carbocycles. The summed E-state index contributed by atoms with van der Waals surface area (Å²) in [7, 11) is 0. The smallest absolute Gasteiger partial charge is 0.157 e. The number of hydrogen-bond donors (Lipinski definition) is 0. The summed E-state index contributed by atoms with van der Waals surface area (Å²) in [6.45, 7) is 2.39. The minimum Gasteiger partial charge on any atom is -0.378 e. The predicted octanol–water partition coefficient (Wildman–Crippen LogP) is 1.07. The molecule has 1 aliphatic heterocycles. The molecule has 0 bridgehead atoms. The Morgan fingerprint density at radius 1 is 1.38 bits per heavy atom. The lowest BCUT2D eigenvalue weighted by Crippen LogP contribution is -2.14. The first-order valence-corrected chi connectivity index (χ1v) is 4.61. The lowest BCUT2D eigenvalue weighted by Gasteiger charge is -2.10. The highest BCUT2D eigenvalue weighted by atomic mass is 16.7. The van der Waals surface area contributed by atoms with E-state index in [9.17, 15) is 0 Å². The fourth-order valence-corrected chi connectivity index (χ4v) is 1.14. The maximum atomic E-state index is 8.21. The van der Waals surface area contributed by atoms with Crippen molar-refractivity contribution in [3.63, 3.8) is 0 Å². The summed E-state index contributed by atoms with van der Waals surface area (Å²) in [5.41, 5.74) is 0.